The summed E-state index contributed by atoms with van der Waals surface area (Å²) >= 11 is 0. The number of rotatable bonds is 6. The van der Waals surface area contributed by atoms with E-state index in [1.54, 1.807) is 35.2 Å². The van der Waals surface area contributed by atoms with Gasteiger partial charge in [-0.05, 0) is 49.1 Å². The molecule has 4 rings (SSSR count). The van der Waals surface area contributed by atoms with Gasteiger partial charge >= 0.3 is 5.97 Å². The highest BCUT2D eigenvalue weighted by Crippen LogP contribution is 2.49. The SMILES string of the molecule is O=C(C[C@@H]1C[C@H]2CC[C@@H]1C2)OCC(=O)N1CCN(S(=O)(=O)c2ccccc2)CC1. The van der Waals surface area contributed by atoms with E-state index in [-0.39, 0.29) is 36.5 Å². The molecule has 2 aliphatic carbocycles. The van der Waals surface area contributed by atoms with Gasteiger partial charge in [-0.25, -0.2) is 8.42 Å². The van der Waals surface area contributed by atoms with E-state index in [2.05, 4.69) is 0 Å². The molecule has 3 fully saturated rings. The van der Waals surface area contributed by atoms with E-state index < -0.39 is 10.0 Å². The second kappa shape index (κ2) is 8.44. The van der Waals surface area contributed by atoms with Gasteiger partial charge in [0.25, 0.3) is 5.91 Å². The van der Waals surface area contributed by atoms with Crippen LogP contribution in [0.15, 0.2) is 35.2 Å². The molecule has 0 aromatic heterocycles. The fourth-order valence-corrected chi connectivity index (χ4v) is 6.50. The molecule has 1 aromatic carbocycles. The van der Waals surface area contributed by atoms with Crippen molar-refractivity contribution in [3.05, 3.63) is 30.3 Å². The maximum atomic E-state index is 12.7. The molecule has 1 aromatic rings. The van der Waals surface area contributed by atoms with E-state index in [1.807, 2.05) is 0 Å². The lowest BCUT2D eigenvalue weighted by atomic mass is 9.86. The Morgan fingerprint density at radius 3 is 2.34 bits per heavy atom. The molecule has 8 heteroatoms. The highest BCUT2D eigenvalue weighted by Gasteiger charge is 2.40. The van der Waals surface area contributed by atoms with E-state index in [0.29, 0.717) is 31.3 Å². The molecule has 2 bridgehead atoms. The summed E-state index contributed by atoms with van der Waals surface area (Å²) in [6.45, 7) is 0.818. The van der Waals surface area contributed by atoms with Crippen molar-refractivity contribution < 1.29 is 22.7 Å². The number of carbonyl (C=O) groups excluding carboxylic acids is 2. The number of hydrogen-bond donors (Lipinski definition) is 0. The third-order valence-electron chi connectivity index (χ3n) is 6.64. The highest BCUT2D eigenvalue weighted by atomic mass is 32.2. The largest absolute Gasteiger partial charge is 0.456 e. The smallest absolute Gasteiger partial charge is 0.306 e. The summed E-state index contributed by atoms with van der Waals surface area (Å²) in [5.41, 5.74) is 0. The van der Waals surface area contributed by atoms with Crippen LogP contribution >= 0.6 is 0 Å². The van der Waals surface area contributed by atoms with Crippen molar-refractivity contribution in [1.82, 2.24) is 9.21 Å². The number of ether oxygens (including phenoxy) is 1. The van der Waals surface area contributed by atoms with E-state index in [9.17, 15) is 18.0 Å². The zero-order valence-corrected chi connectivity index (χ0v) is 17.4. The van der Waals surface area contributed by atoms with Crippen LogP contribution in [-0.2, 0) is 24.3 Å². The van der Waals surface area contributed by atoms with Crippen LogP contribution in [0.1, 0.15) is 32.1 Å². The van der Waals surface area contributed by atoms with Gasteiger partial charge in [0, 0.05) is 32.6 Å². The van der Waals surface area contributed by atoms with Gasteiger partial charge in [0.05, 0.1) is 4.90 Å². The number of esters is 1. The van der Waals surface area contributed by atoms with Crippen molar-refractivity contribution in [2.45, 2.75) is 37.0 Å². The quantitative estimate of drug-likeness (QED) is 0.656. The number of carbonyl (C=O) groups is 2. The number of fused-ring (bicyclic) bond motifs is 2. The fraction of sp³-hybridized carbons (Fsp3) is 0.619. The molecule has 1 amide bonds. The van der Waals surface area contributed by atoms with Crippen LogP contribution in [0.5, 0.6) is 0 Å². The minimum Gasteiger partial charge on any atom is -0.456 e. The molecule has 7 nitrogen and oxygen atoms in total. The van der Waals surface area contributed by atoms with E-state index in [4.69, 9.17) is 4.74 Å². The molecule has 0 spiro atoms. The lowest BCUT2D eigenvalue weighted by molar-refractivity contribution is -0.153. The van der Waals surface area contributed by atoms with E-state index in [0.717, 1.165) is 12.3 Å². The van der Waals surface area contributed by atoms with Crippen LogP contribution in [0.3, 0.4) is 0 Å². The molecular formula is C21H28N2O5S. The summed E-state index contributed by atoms with van der Waals surface area (Å²) in [7, 11) is -3.54. The standard InChI is InChI=1S/C21H28N2O5S/c24-20(15-28-21(25)14-18-13-16-6-7-17(18)12-16)22-8-10-23(11-9-22)29(26,27)19-4-2-1-3-5-19/h1-5,16-18H,6-15H2/t16-,17+,18-/m0/s1. The van der Waals surface area contributed by atoms with Gasteiger partial charge in [0.15, 0.2) is 6.61 Å². The van der Waals surface area contributed by atoms with Crippen LogP contribution in [0.4, 0.5) is 0 Å². The first kappa shape index (κ1) is 20.3. The van der Waals surface area contributed by atoms with Crippen LogP contribution in [0, 0.1) is 17.8 Å². The predicted molar refractivity (Wildman–Crippen MR) is 106 cm³/mol. The molecule has 1 aliphatic heterocycles. The molecule has 1 heterocycles. The monoisotopic (exact) mass is 420 g/mol. The Kier molecular flexibility index (Phi) is 5.92. The molecule has 2 saturated carbocycles. The van der Waals surface area contributed by atoms with Crippen molar-refractivity contribution in [1.29, 1.82) is 0 Å². The average Bonchev–Trinajstić information content (AvgIpc) is 3.36. The number of nitrogens with zero attached hydrogens (tertiary/aromatic N) is 2. The number of piperazine rings is 1. The van der Waals surface area contributed by atoms with Crippen LogP contribution in [0.2, 0.25) is 0 Å². The van der Waals surface area contributed by atoms with E-state index >= 15 is 0 Å². The Labute approximate surface area is 172 Å². The Balaban J connectivity index is 1.21. The van der Waals surface area contributed by atoms with Gasteiger partial charge in [-0.15, -0.1) is 0 Å². The summed E-state index contributed by atoms with van der Waals surface area (Å²) in [5, 5.41) is 0. The van der Waals surface area contributed by atoms with Crippen molar-refractivity contribution in [3.8, 4) is 0 Å². The first-order valence-electron chi connectivity index (χ1n) is 10.4. The summed E-state index contributed by atoms with van der Waals surface area (Å²) in [6, 6.07) is 8.30. The lowest BCUT2D eigenvalue weighted by Crippen LogP contribution is -2.51. The maximum Gasteiger partial charge on any atom is 0.306 e. The Morgan fingerprint density at radius 2 is 1.72 bits per heavy atom. The third kappa shape index (κ3) is 4.48. The Hall–Kier alpha value is -1.93. The molecule has 29 heavy (non-hydrogen) atoms. The first-order valence-corrected chi connectivity index (χ1v) is 11.9. The Morgan fingerprint density at radius 1 is 1.00 bits per heavy atom. The number of hydrogen-bond acceptors (Lipinski definition) is 5. The highest BCUT2D eigenvalue weighted by molar-refractivity contribution is 7.89. The van der Waals surface area contributed by atoms with Crippen molar-refractivity contribution in [3.63, 3.8) is 0 Å². The van der Waals surface area contributed by atoms with Gasteiger partial charge < -0.3 is 9.64 Å². The molecule has 0 radical (unpaired) electrons. The summed E-state index contributed by atoms with van der Waals surface area (Å²) < 4.78 is 31.9. The number of amides is 1. The van der Waals surface area contributed by atoms with Crippen molar-refractivity contribution >= 4 is 21.9 Å². The van der Waals surface area contributed by atoms with Crippen molar-refractivity contribution in [2.24, 2.45) is 17.8 Å². The minimum atomic E-state index is -3.54. The van der Waals surface area contributed by atoms with E-state index in [1.165, 1.54) is 23.6 Å². The van der Waals surface area contributed by atoms with Crippen LogP contribution in [-0.4, -0.2) is 62.3 Å². The summed E-state index contributed by atoms with van der Waals surface area (Å²) in [5.74, 6) is 1.30. The first-order chi connectivity index (χ1) is 13.9. The van der Waals surface area contributed by atoms with Crippen LogP contribution < -0.4 is 0 Å². The number of benzene rings is 1. The van der Waals surface area contributed by atoms with Gasteiger partial charge in [0.1, 0.15) is 0 Å². The maximum absolute atomic E-state index is 12.7. The summed E-state index contributed by atoms with van der Waals surface area (Å²) in [6.07, 6.45) is 5.29. The van der Waals surface area contributed by atoms with Crippen molar-refractivity contribution in [2.75, 3.05) is 32.8 Å². The van der Waals surface area contributed by atoms with Gasteiger partial charge in [-0.2, -0.15) is 4.31 Å². The molecule has 0 unspecified atom stereocenters. The minimum absolute atomic E-state index is 0.238. The third-order valence-corrected chi connectivity index (χ3v) is 8.56. The molecule has 0 N–H and O–H groups in total. The van der Waals surface area contributed by atoms with Gasteiger partial charge in [-0.1, -0.05) is 24.6 Å². The number of sulfonamides is 1. The van der Waals surface area contributed by atoms with Gasteiger partial charge in [-0.3, -0.25) is 9.59 Å². The second-order valence-electron chi connectivity index (χ2n) is 8.40. The fourth-order valence-electron chi connectivity index (χ4n) is 5.05. The molecule has 3 atom stereocenters. The van der Waals surface area contributed by atoms with Gasteiger partial charge in [0.2, 0.25) is 10.0 Å². The predicted octanol–water partition coefficient (Wildman–Crippen LogP) is 1.89. The zero-order chi connectivity index (χ0) is 20.4. The normalized spacial score (nSPS) is 27.2. The topological polar surface area (TPSA) is 84.0 Å². The molecule has 158 valence electrons. The Bertz CT molecular complexity index is 849. The molecular weight excluding hydrogens is 392 g/mol. The molecule has 1 saturated heterocycles. The molecule has 3 aliphatic rings. The average molecular weight is 421 g/mol. The zero-order valence-electron chi connectivity index (χ0n) is 16.5. The summed E-state index contributed by atoms with van der Waals surface area (Å²) in [4.78, 5) is 26.3. The lowest BCUT2D eigenvalue weighted by Gasteiger charge is -2.33. The second-order valence-corrected chi connectivity index (χ2v) is 10.3. The van der Waals surface area contributed by atoms with Crippen LogP contribution in [0.25, 0.3) is 0 Å².